The van der Waals surface area contributed by atoms with Gasteiger partial charge in [0.15, 0.2) is 11.6 Å². The molecule has 1 saturated heterocycles. The zero-order chi connectivity index (χ0) is 24.2. The number of benzene rings is 2. The van der Waals surface area contributed by atoms with Gasteiger partial charge in [-0.3, -0.25) is 14.6 Å². The van der Waals surface area contributed by atoms with E-state index in [2.05, 4.69) is 22.2 Å². The number of phenols is 2. The van der Waals surface area contributed by atoms with Crippen molar-refractivity contribution in [2.24, 2.45) is 0 Å². The summed E-state index contributed by atoms with van der Waals surface area (Å²) in [5, 5.41) is 25.1. The fourth-order valence-corrected chi connectivity index (χ4v) is 4.23. The lowest BCUT2D eigenvalue weighted by molar-refractivity contribution is -0.107. The molecule has 4 rings (SSSR count). The number of carbonyl (C=O) groups excluding carboxylic acids is 1. The first kappa shape index (κ1) is 23.8. The van der Waals surface area contributed by atoms with Crippen LogP contribution >= 0.6 is 0 Å². The van der Waals surface area contributed by atoms with Crippen molar-refractivity contribution in [3.05, 3.63) is 47.5 Å². The fraction of sp³-hybridized carbons (Fsp3) is 0.385. The van der Waals surface area contributed by atoms with Crippen LogP contribution in [0.25, 0.3) is 22.5 Å². The number of carbonyl (C=O) groups is 1. The molecule has 1 aromatic heterocycles. The Morgan fingerprint density at radius 2 is 1.82 bits per heavy atom. The fourth-order valence-electron chi connectivity index (χ4n) is 4.23. The number of morpholine rings is 1. The summed E-state index contributed by atoms with van der Waals surface area (Å²) in [6, 6.07) is 11.1. The Kier molecular flexibility index (Phi) is 7.19. The number of ether oxygens (including phenoxy) is 1. The quantitative estimate of drug-likeness (QED) is 0.477. The van der Waals surface area contributed by atoms with Crippen molar-refractivity contribution in [1.29, 1.82) is 0 Å². The maximum absolute atomic E-state index is 11.7. The Labute approximate surface area is 199 Å². The molecule has 3 aromatic rings. The third kappa shape index (κ3) is 4.78. The standard InChI is InChI=1S/C26H31N3O5/c1-4-29(16-30)26-24(19-7-5-18(6-8-19)15-28-9-11-33-12-10-28)25(34-27-26)21-13-20(17(2)3)22(31)14-23(21)32/h5-8,13-14,16-17,31-32H,4,9-12,15H2,1-3H3. The second-order valence-electron chi connectivity index (χ2n) is 8.77. The number of hydrogen-bond acceptors (Lipinski definition) is 7. The monoisotopic (exact) mass is 465 g/mol. The minimum Gasteiger partial charge on any atom is -0.508 e. The molecule has 2 heterocycles. The number of aromatic nitrogens is 1. The van der Waals surface area contributed by atoms with E-state index < -0.39 is 0 Å². The third-order valence-electron chi connectivity index (χ3n) is 6.18. The van der Waals surface area contributed by atoms with Crippen LogP contribution in [0.15, 0.2) is 40.9 Å². The van der Waals surface area contributed by atoms with Gasteiger partial charge in [0.25, 0.3) is 0 Å². The largest absolute Gasteiger partial charge is 0.508 e. The second kappa shape index (κ2) is 10.3. The molecule has 1 amide bonds. The first-order chi connectivity index (χ1) is 16.4. The van der Waals surface area contributed by atoms with Crippen LogP contribution in [-0.4, -0.2) is 59.5 Å². The molecule has 0 spiro atoms. The minimum atomic E-state index is -0.121. The zero-order valence-corrected chi connectivity index (χ0v) is 19.8. The van der Waals surface area contributed by atoms with Gasteiger partial charge in [-0.25, -0.2) is 0 Å². The number of aromatic hydroxyl groups is 2. The SMILES string of the molecule is CCN(C=O)c1noc(-c2cc(C(C)C)c(O)cc2O)c1-c1ccc(CN2CCOCC2)cc1. The highest BCUT2D eigenvalue weighted by molar-refractivity contribution is 5.93. The number of rotatable bonds is 8. The van der Waals surface area contributed by atoms with E-state index in [1.54, 1.807) is 6.07 Å². The summed E-state index contributed by atoms with van der Waals surface area (Å²) in [4.78, 5) is 15.6. The molecule has 2 N–H and O–H groups in total. The normalized spacial score (nSPS) is 14.5. The van der Waals surface area contributed by atoms with Crippen molar-refractivity contribution >= 4 is 12.2 Å². The predicted octanol–water partition coefficient (Wildman–Crippen LogP) is 4.36. The Morgan fingerprint density at radius 1 is 1.12 bits per heavy atom. The van der Waals surface area contributed by atoms with Gasteiger partial charge in [-0.05, 0) is 35.6 Å². The van der Waals surface area contributed by atoms with E-state index in [0.29, 0.717) is 41.2 Å². The molecule has 0 aliphatic carbocycles. The third-order valence-corrected chi connectivity index (χ3v) is 6.18. The van der Waals surface area contributed by atoms with Gasteiger partial charge in [0.1, 0.15) is 11.5 Å². The molecule has 0 atom stereocenters. The Balaban J connectivity index is 1.78. The van der Waals surface area contributed by atoms with Crippen LogP contribution in [0.3, 0.4) is 0 Å². The lowest BCUT2D eigenvalue weighted by Crippen LogP contribution is -2.35. The molecular formula is C26H31N3O5. The summed E-state index contributed by atoms with van der Waals surface area (Å²) in [7, 11) is 0. The molecule has 2 aromatic carbocycles. The highest BCUT2D eigenvalue weighted by Gasteiger charge is 2.26. The van der Waals surface area contributed by atoms with E-state index in [0.717, 1.165) is 38.4 Å². The maximum Gasteiger partial charge on any atom is 0.215 e. The van der Waals surface area contributed by atoms with E-state index in [4.69, 9.17) is 9.26 Å². The topological polar surface area (TPSA) is 99.3 Å². The van der Waals surface area contributed by atoms with Crippen LogP contribution in [0.5, 0.6) is 11.5 Å². The molecule has 180 valence electrons. The maximum atomic E-state index is 11.7. The minimum absolute atomic E-state index is 0.0214. The van der Waals surface area contributed by atoms with Gasteiger partial charge >= 0.3 is 0 Å². The van der Waals surface area contributed by atoms with Gasteiger partial charge in [-0.1, -0.05) is 43.3 Å². The highest BCUT2D eigenvalue weighted by Crippen LogP contribution is 2.45. The predicted molar refractivity (Wildman–Crippen MR) is 130 cm³/mol. The van der Waals surface area contributed by atoms with Crippen molar-refractivity contribution in [2.45, 2.75) is 33.2 Å². The molecule has 1 aliphatic heterocycles. The van der Waals surface area contributed by atoms with Crippen LogP contribution < -0.4 is 4.90 Å². The van der Waals surface area contributed by atoms with Crippen molar-refractivity contribution in [2.75, 3.05) is 37.7 Å². The lowest BCUT2D eigenvalue weighted by atomic mass is 9.94. The molecule has 0 bridgehead atoms. The average Bonchev–Trinajstić information content (AvgIpc) is 3.25. The Bertz CT molecular complexity index is 1130. The van der Waals surface area contributed by atoms with Crippen molar-refractivity contribution in [3.8, 4) is 33.9 Å². The molecule has 0 radical (unpaired) electrons. The molecule has 1 fully saturated rings. The summed E-state index contributed by atoms with van der Waals surface area (Å²) in [6.07, 6.45) is 0.716. The second-order valence-corrected chi connectivity index (χ2v) is 8.77. The number of nitrogens with zero attached hydrogens (tertiary/aromatic N) is 3. The van der Waals surface area contributed by atoms with Crippen LogP contribution in [0.2, 0.25) is 0 Å². The van der Waals surface area contributed by atoms with E-state index >= 15 is 0 Å². The molecule has 8 nitrogen and oxygen atoms in total. The smallest absolute Gasteiger partial charge is 0.215 e. The first-order valence-electron chi connectivity index (χ1n) is 11.6. The molecule has 34 heavy (non-hydrogen) atoms. The van der Waals surface area contributed by atoms with Gasteiger partial charge in [0.2, 0.25) is 6.41 Å². The number of anilines is 1. The van der Waals surface area contributed by atoms with Crippen molar-refractivity contribution in [3.63, 3.8) is 0 Å². The number of amides is 1. The summed E-state index contributed by atoms with van der Waals surface area (Å²) in [6.45, 7) is 10.3. The van der Waals surface area contributed by atoms with E-state index in [1.807, 2.05) is 32.9 Å². The average molecular weight is 466 g/mol. The molecular weight excluding hydrogens is 434 g/mol. The summed E-state index contributed by atoms with van der Waals surface area (Å²) in [5.74, 6) is 0.659. The first-order valence-corrected chi connectivity index (χ1v) is 11.6. The van der Waals surface area contributed by atoms with Crippen molar-refractivity contribution < 1.29 is 24.3 Å². The van der Waals surface area contributed by atoms with Crippen LogP contribution in [0, 0.1) is 0 Å². The molecule has 1 aliphatic rings. The zero-order valence-electron chi connectivity index (χ0n) is 19.8. The molecule has 0 saturated carbocycles. The van der Waals surface area contributed by atoms with Gasteiger partial charge in [0.05, 0.1) is 24.3 Å². The molecule has 0 unspecified atom stereocenters. The van der Waals surface area contributed by atoms with Gasteiger partial charge in [0, 0.05) is 32.2 Å². The van der Waals surface area contributed by atoms with E-state index in [-0.39, 0.29) is 17.4 Å². The Morgan fingerprint density at radius 3 is 2.44 bits per heavy atom. The highest BCUT2D eigenvalue weighted by atomic mass is 16.5. The van der Waals surface area contributed by atoms with Crippen molar-refractivity contribution in [1.82, 2.24) is 10.1 Å². The van der Waals surface area contributed by atoms with Crippen LogP contribution in [0.4, 0.5) is 5.82 Å². The van der Waals surface area contributed by atoms with Gasteiger partial charge in [-0.2, -0.15) is 0 Å². The van der Waals surface area contributed by atoms with Gasteiger partial charge < -0.3 is 19.5 Å². The summed E-state index contributed by atoms with van der Waals surface area (Å²) in [5.41, 5.74) is 3.69. The van der Waals surface area contributed by atoms with Gasteiger partial charge in [-0.15, -0.1) is 0 Å². The number of hydrogen-bond donors (Lipinski definition) is 2. The summed E-state index contributed by atoms with van der Waals surface area (Å²) >= 11 is 0. The van der Waals surface area contributed by atoms with Crippen LogP contribution in [-0.2, 0) is 16.1 Å². The molecule has 8 heteroatoms. The lowest BCUT2D eigenvalue weighted by Gasteiger charge is -2.26. The van der Waals surface area contributed by atoms with E-state index in [9.17, 15) is 15.0 Å². The Hall–Kier alpha value is -3.36. The van der Waals surface area contributed by atoms with Crippen LogP contribution in [0.1, 0.15) is 37.8 Å². The van der Waals surface area contributed by atoms with E-state index in [1.165, 1.54) is 16.5 Å². The number of phenolic OH excluding ortho intramolecular Hbond substituents is 2. The summed E-state index contributed by atoms with van der Waals surface area (Å²) < 4.78 is 11.1.